The van der Waals surface area contributed by atoms with Gasteiger partial charge < -0.3 is 19.1 Å². The fourth-order valence-electron chi connectivity index (χ4n) is 5.91. The summed E-state index contributed by atoms with van der Waals surface area (Å²) < 4.78 is 17.2. The average Bonchev–Trinajstić information content (AvgIpc) is 3.26. The molecule has 36 heavy (non-hydrogen) atoms. The zero-order valence-corrected chi connectivity index (χ0v) is 21.1. The number of allylic oxidation sites excluding steroid dienone is 1. The molecule has 1 saturated heterocycles. The molecule has 2 unspecified atom stereocenters. The largest absolute Gasteiger partial charge is 0.493 e. The van der Waals surface area contributed by atoms with Gasteiger partial charge in [-0.15, -0.1) is 0 Å². The highest BCUT2D eigenvalue weighted by atomic mass is 16.5. The Balaban J connectivity index is 1.43. The summed E-state index contributed by atoms with van der Waals surface area (Å²) in [7, 11) is 5.49. The van der Waals surface area contributed by atoms with Crippen molar-refractivity contribution in [3.8, 4) is 11.5 Å². The second-order valence-electron chi connectivity index (χ2n) is 9.73. The number of likely N-dealkylation sites (N-methyl/N-ethyl adjacent to an activating group) is 1. The van der Waals surface area contributed by atoms with Crippen LogP contribution >= 0.6 is 0 Å². The molecule has 0 bridgehead atoms. The zero-order valence-electron chi connectivity index (χ0n) is 21.1. The van der Waals surface area contributed by atoms with E-state index in [1.807, 2.05) is 66.7 Å². The number of benzene rings is 3. The van der Waals surface area contributed by atoms with Crippen molar-refractivity contribution in [2.75, 3.05) is 27.8 Å². The number of esters is 1. The molecule has 0 aromatic heterocycles. The van der Waals surface area contributed by atoms with E-state index in [1.54, 1.807) is 14.2 Å². The fraction of sp³-hybridized carbons (Fsp3) is 0.323. The molecule has 3 aromatic rings. The maximum Gasteiger partial charge on any atom is 0.322 e. The Morgan fingerprint density at radius 3 is 2.17 bits per heavy atom. The van der Waals surface area contributed by atoms with Gasteiger partial charge in [-0.25, -0.2) is 0 Å². The average molecular weight is 484 g/mol. The van der Waals surface area contributed by atoms with E-state index in [4.69, 9.17) is 14.2 Å². The Morgan fingerprint density at radius 2 is 1.56 bits per heavy atom. The number of ether oxygens (including phenoxy) is 3. The van der Waals surface area contributed by atoms with E-state index in [1.165, 1.54) is 5.56 Å². The first-order valence-corrected chi connectivity index (χ1v) is 12.5. The van der Waals surface area contributed by atoms with E-state index in [9.17, 15) is 4.79 Å². The minimum Gasteiger partial charge on any atom is -0.493 e. The van der Waals surface area contributed by atoms with Crippen LogP contribution in [0.1, 0.15) is 41.9 Å². The van der Waals surface area contributed by atoms with Crippen LogP contribution in [0.2, 0.25) is 0 Å². The Labute approximate surface area is 213 Å². The van der Waals surface area contributed by atoms with Crippen LogP contribution in [-0.2, 0) is 14.9 Å². The summed E-state index contributed by atoms with van der Waals surface area (Å²) in [5.74, 6) is 1.53. The number of fused-ring (bicyclic) bond motifs is 1. The van der Waals surface area contributed by atoms with Crippen LogP contribution in [0.4, 0.5) is 0 Å². The molecule has 3 aromatic carbocycles. The normalized spacial score (nSPS) is 21.6. The predicted molar refractivity (Wildman–Crippen MR) is 140 cm³/mol. The van der Waals surface area contributed by atoms with Gasteiger partial charge in [-0.1, -0.05) is 66.7 Å². The van der Waals surface area contributed by atoms with Gasteiger partial charge in [0.2, 0.25) is 0 Å². The minimum absolute atomic E-state index is 0.0531. The van der Waals surface area contributed by atoms with E-state index in [0.717, 1.165) is 47.8 Å². The van der Waals surface area contributed by atoms with Crippen LogP contribution in [0.3, 0.4) is 0 Å². The summed E-state index contributed by atoms with van der Waals surface area (Å²) in [5, 5.41) is 0. The number of hydrogen-bond donors (Lipinski definition) is 0. The number of hydrogen-bond acceptors (Lipinski definition) is 5. The lowest BCUT2D eigenvalue weighted by molar-refractivity contribution is -0.140. The molecule has 0 amide bonds. The molecular weight excluding hydrogens is 450 g/mol. The summed E-state index contributed by atoms with van der Waals surface area (Å²) in [6, 6.07) is 26.2. The van der Waals surface area contributed by atoms with Gasteiger partial charge in [-0.3, -0.25) is 4.79 Å². The van der Waals surface area contributed by atoms with E-state index in [-0.39, 0.29) is 17.4 Å². The molecule has 5 rings (SSSR count). The van der Waals surface area contributed by atoms with Crippen molar-refractivity contribution in [3.05, 3.63) is 107 Å². The quantitative estimate of drug-likeness (QED) is 0.404. The second kappa shape index (κ2) is 10.2. The molecule has 5 heteroatoms. The molecule has 1 fully saturated rings. The Bertz CT molecular complexity index is 1200. The molecule has 186 valence electrons. The van der Waals surface area contributed by atoms with Crippen LogP contribution in [0, 0.1) is 0 Å². The molecule has 1 heterocycles. The van der Waals surface area contributed by atoms with Gasteiger partial charge in [-0.05, 0) is 61.3 Å². The van der Waals surface area contributed by atoms with Gasteiger partial charge in [0.25, 0.3) is 0 Å². The molecule has 1 aliphatic carbocycles. The lowest BCUT2D eigenvalue weighted by atomic mass is 9.68. The van der Waals surface area contributed by atoms with Crippen LogP contribution in [0.25, 0.3) is 0 Å². The van der Waals surface area contributed by atoms with Gasteiger partial charge >= 0.3 is 5.97 Å². The predicted octanol–water partition coefficient (Wildman–Crippen LogP) is 5.70. The molecule has 1 aliphatic heterocycles. The third kappa shape index (κ3) is 4.40. The summed E-state index contributed by atoms with van der Waals surface area (Å²) in [5.41, 5.74) is 3.05. The van der Waals surface area contributed by atoms with Crippen molar-refractivity contribution < 1.29 is 19.0 Å². The summed E-state index contributed by atoms with van der Waals surface area (Å²) >= 11 is 0. The van der Waals surface area contributed by atoms with Crippen molar-refractivity contribution in [1.29, 1.82) is 0 Å². The number of nitrogens with zero attached hydrogens (tertiary/aromatic N) is 1. The number of rotatable bonds is 7. The van der Waals surface area contributed by atoms with Crippen molar-refractivity contribution in [1.82, 2.24) is 4.90 Å². The highest BCUT2D eigenvalue weighted by molar-refractivity contribution is 5.83. The number of methoxy groups -OCH3 is 2. The monoisotopic (exact) mass is 483 g/mol. The Hall–Kier alpha value is -3.57. The first-order chi connectivity index (χ1) is 17.6. The third-order valence-electron chi connectivity index (χ3n) is 7.86. The highest BCUT2D eigenvalue weighted by Crippen LogP contribution is 2.49. The first-order valence-electron chi connectivity index (χ1n) is 12.5. The second-order valence-corrected chi connectivity index (χ2v) is 9.73. The first kappa shape index (κ1) is 24.1. The van der Waals surface area contributed by atoms with Gasteiger partial charge in [0.1, 0.15) is 11.7 Å². The van der Waals surface area contributed by atoms with Crippen LogP contribution in [0.15, 0.2) is 90.7 Å². The third-order valence-corrected chi connectivity index (χ3v) is 7.86. The van der Waals surface area contributed by atoms with Crippen LogP contribution in [0.5, 0.6) is 11.5 Å². The molecular formula is C31H33NO4. The fourth-order valence-corrected chi connectivity index (χ4v) is 5.91. The molecule has 5 nitrogen and oxygen atoms in total. The topological polar surface area (TPSA) is 48.0 Å². The molecule has 0 spiro atoms. The molecule has 0 N–H and O–H groups in total. The molecule has 2 aliphatic rings. The summed E-state index contributed by atoms with van der Waals surface area (Å²) in [6.45, 7) is 0.991. The maximum atomic E-state index is 13.6. The molecule has 2 atom stereocenters. The smallest absolute Gasteiger partial charge is 0.322 e. The Kier molecular flexibility index (Phi) is 6.84. The lowest BCUT2D eigenvalue weighted by Gasteiger charge is -2.41. The van der Waals surface area contributed by atoms with Crippen LogP contribution < -0.4 is 9.47 Å². The minimum atomic E-state index is -0.466. The number of carbonyl (C=O) groups excluding carboxylic acids is 1. The molecule has 0 saturated carbocycles. The van der Waals surface area contributed by atoms with E-state index >= 15 is 0 Å². The summed E-state index contributed by atoms with van der Waals surface area (Å²) in [6.07, 6.45) is 4.66. The van der Waals surface area contributed by atoms with Crippen molar-refractivity contribution in [2.24, 2.45) is 0 Å². The van der Waals surface area contributed by atoms with Gasteiger partial charge in [0.05, 0.1) is 14.2 Å². The van der Waals surface area contributed by atoms with Crippen molar-refractivity contribution in [2.45, 2.75) is 36.6 Å². The van der Waals surface area contributed by atoms with Crippen LogP contribution in [-0.4, -0.2) is 44.7 Å². The molecule has 0 radical (unpaired) electrons. The number of likely N-dealkylation sites (tertiary alicyclic amines) is 1. The maximum absolute atomic E-state index is 13.6. The lowest BCUT2D eigenvalue weighted by Crippen LogP contribution is -2.43. The van der Waals surface area contributed by atoms with E-state index in [0.29, 0.717) is 6.42 Å². The van der Waals surface area contributed by atoms with Gasteiger partial charge in [0.15, 0.2) is 11.5 Å². The van der Waals surface area contributed by atoms with Gasteiger partial charge in [0, 0.05) is 17.9 Å². The summed E-state index contributed by atoms with van der Waals surface area (Å²) in [4.78, 5) is 16.0. The zero-order chi connectivity index (χ0) is 25.1. The van der Waals surface area contributed by atoms with Crippen molar-refractivity contribution in [3.63, 3.8) is 0 Å². The highest BCUT2D eigenvalue weighted by Gasteiger charge is 2.49. The standard InChI is InChI=1S/C31H33NO4/c1-32-19-18-31(24-14-15-26(34-2)27(20-24)35-3)17-16-25(21-28(31)32)36-30(33)29(22-10-6-4-7-11-22)23-12-8-5-9-13-23/h4-16,20,28-29H,17-19,21H2,1-3H3. The van der Waals surface area contributed by atoms with Gasteiger partial charge in [-0.2, -0.15) is 0 Å². The Morgan fingerprint density at radius 1 is 0.917 bits per heavy atom. The van der Waals surface area contributed by atoms with E-state index in [2.05, 4.69) is 30.2 Å². The number of carbonyl (C=O) groups is 1. The van der Waals surface area contributed by atoms with E-state index < -0.39 is 5.92 Å². The van der Waals surface area contributed by atoms with Crippen molar-refractivity contribution >= 4 is 5.97 Å². The SMILES string of the molecule is COc1ccc(C23CC=C(OC(=O)C(c4ccccc4)c4ccccc4)CC2N(C)CC3)cc1OC.